The first-order valence-electron chi connectivity index (χ1n) is 7.56. The van der Waals surface area contributed by atoms with E-state index >= 15 is 0 Å². The summed E-state index contributed by atoms with van der Waals surface area (Å²) in [5.41, 5.74) is 1.18. The lowest BCUT2D eigenvalue weighted by molar-refractivity contribution is 0.102. The second kappa shape index (κ2) is 8.22. The highest BCUT2D eigenvalue weighted by Crippen LogP contribution is 2.15. The summed E-state index contributed by atoms with van der Waals surface area (Å²) in [5, 5.41) is 5.72. The van der Waals surface area contributed by atoms with Gasteiger partial charge in [-0.15, -0.1) is 0 Å². The van der Waals surface area contributed by atoms with Crippen molar-refractivity contribution in [2.24, 2.45) is 0 Å². The molecule has 1 aromatic carbocycles. The number of unbranched alkanes of at least 4 members (excludes halogenated alkanes) is 2. The number of hydrogen-bond acceptors (Lipinski definition) is 3. The highest BCUT2D eigenvalue weighted by molar-refractivity contribution is 6.03. The Morgan fingerprint density at radius 1 is 1.09 bits per heavy atom. The monoisotopic (exact) mass is 319 g/mol. The van der Waals surface area contributed by atoms with Crippen LogP contribution < -0.4 is 10.6 Å². The number of carbonyl (C=O) groups excluding carboxylic acids is 1. The Hall–Kier alpha value is -2.50. The summed E-state index contributed by atoms with van der Waals surface area (Å²) in [6.45, 7) is 2.95. The molecule has 2 rings (SSSR count). The third-order valence-electron chi connectivity index (χ3n) is 3.28. The molecule has 23 heavy (non-hydrogen) atoms. The van der Waals surface area contributed by atoms with E-state index in [1.54, 1.807) is 12.1 Å². The minimum absolute atomic E-state index is 0.178. The van der Waals surface area contributed by atoms with Crippen LogP contribution in [0.1, 0.15) is 36.7 Å². The van der Waals surface area contributed by atoms with Gasteiger partial charge in [0.2, 0.25) is 0 Å². The molecular formula is C17H19F2N3O. The number of amides is 1. The Morgan fingerprint density at radius 2 is 1.91 bits per heavy atom. The number of anilines is 2. The summed E-state index contributed by atoms with van der Waals surface area (Å²) in [7, 11) is 0. The molecule has 0 aliphatic rings. The van der Waals surface area contributed by atoms with Crippen LogP contribution in [-0.2, 0) is 0 Å². The van der Waals surface area contributed by atoms with E-state index in [4.69, 9.17) is 0 Å². The van der Waals surface area contributed by atoms with E-state index in [1.807, 2.05) is 0 Å². The summed E-state index contributed by atoms with van der Waals surface area (Å²) in [6.07, 6.45) is 4.86. The highest BCUT2D eigenvalue weighted by atomic mass is 19.2. The average Bonchev–Trinajstić information content (AvgIpc) is 2.55. The minimum atomic E-state index is -1.01. The van der Waals surface area contributed by atoms with Crippen molar-refractivity contribution in [1.29, 1.82) is 0 Å². The Kier molecular flexibility index (Phi) is 6.02. The van der Waals surface area contributed by atoms with Gasteiger partial charge in [-0.2, -0.15) is 0 Å². The molecule has 122 valence electrons. The van der Waals surface area contributed by atoms with Crippen molar-refractivity contribution in [2.75, 3.05) is 17.2 Å². The van der Waals surface area contributed by atoms with E-state index in [-0.39, 0.29) is 11.4 Å². The number of rotatable bonds is 7. The molecule has 4 nitrogen and oxygen atoms in total. The third kappa shape index (κ3) is 5.02. The maximum Gasteiger partial charge on any atom is 0.274 e. The normalized spacial score (nSPS) is 10.4. The van der Waals surface area contributed by atoms with Gasteiger partial charge in [0.25, 0.3) is 5.91 Å². The summed E-state index contributed by atoms with van der Waals surface area (Å²) in [6, 6.07) is 6.59. The Balaban J connectivity index is 2.00. The smallest absolute Gasteiger partial charge is 0.274 e. The first-order valence-corrected chi connectivity index (χ1v) is 7.56. The van der Waals surface area contributed by atoms with Crippen LogP contribution in [0, 0.1) is 11.6 Å². The van der Waals surface area contributed by atoms with Gasteiger partial charge >= 0.3 is 0 Å². The fraction of sp³-hybridized carbons (Fsp3) is 0.294. The largest absolute Gasteiger partial charge is 0.385 e. The van der Waals surface area contributed by atoms with Crippen molar-refractivity contribution >= 4 is 17.3 Å². The second-order valence-corrected chi connectivity index (χ2v) is 5.15. The molecule has 0 spiro atoms. The van der Waals surface area contributed by atoms with Crippen LogP contribution in [0.4, 0.5) is 20.2 Å². The number of pyridine rings is 1. The van der Waals surface area contributed by atoms with E-state index < -0.39 is 17.5 Å². The van der Waals surface area contributed by atoms with Crippen molar-refractivity contribution in [1.82, 2.24) is 4.98 Å². The molecule has 0 radical (unpaired) electrons. The molecular weight excluding hydrogens is 300 g/mol. The van der Waals surface area contributed by atoms with Gasteiger partial charge in [0.05, 0.1) is 0 Å². The quantitative estimate of drug-likeness (QED) is 0.752. The summed E-state index contributed by atoms with van der Waals surface area (Å²) in [4.78, 5) is 16.1. The molecule has 1 heterocycles. The van der Waals surface area contributed by atoms with E-state index in [0.717, 1.165) is 43.6 Å². The lowest BCUT2D eigenvalue weighted by Crippen LogP contribution is -2.14. The van der Waals surface area contributed by atoms with Crippen LogP contribution >= 0.6 is 0 Å². The summed E-state index contributed by atoms with van der Waals surface area (Å²) in [5.74, 6) is -2.45. The molecule has 1 aromatic heterocycles. The van der Waals surface area contributed by atoms with Crippen LogP contribution in [0.3, 0.4) is 0 Å². The second-order valence-electron chi connectivity index (χ2n) is 5.15. The molecule has 0 fully saturated rings. The van der Waals surface area contributed by atoms with Gasteiger partial charge in [-0.05, 0) is 30.7 Å². The van der Waals surface area contributed by atoms with Crippen LogP contribution in [0.15, 0.2) is 36.5 Å². The first kappa shape index (κ1) is 16.9. The molecule has 6 heteroatoms. The Labute approximate surface area is 133 Å². The number of halogens is 2. The number of aromatic nitrogens is 1. The van der Waals surface area contributed by atoms with Crippen LogP contribution in [0.2, 0.25) is 0 Å². The lowest BCUT2D eigenvalue weighted by atomic mass is 10.2. The van der Waals surface area contributed by atoms with E-state index in [0.29, 0.717) is 0 Å². The number of nitrogens with one attached hydrogen (secondary N) is 2. The minimum Gasteiger partial charge on any atom is -0.385 e. The van der Waals surface area contributed by atoms with Crippen LogP contribution in [0.25, 0.3) is 0 Å². The molecule has 2 aromatic rings. The SMILES string of the molecule is CCCCCNc1ccnc(C(=O)Nc2ccc(F)c(F)c2)c1. The van der Waals surface area contributed by atoms with Crippen molar-refractivity contribution < 1.29 is 13.6 Å². The van der Waals surface area contributed by atoms with Gasteiger partial charge in [0.1, 0.15) is 5.69 Å². The topological polar surface area (TPSA) is 54.0 Å². The Bertz CT molecular complexity index is 677. The molecule has 0 atom stereocenters. The summed E-state index contributed by atoms with van der Waals surface area (Å²) >= 11 is 0. The van der Waals surface area contributed by atoms with Crippen molar-refractivity contribution in [3.05, 3.63) is 53.9 Å². The van der Waals surface area contributed by atoms with Crippen molar-refractivity contribution in [3.8, 4) is 0 Å². The predicted molar refractivity (Wildman–Crippen MR) is 86.6 cm³/mol. The van der Waals surface area contributed by atoms with Gasteiger partial charge in [-0.1, -0.05) is 19.8 Å². The van der Waals surface area contributed by atoms with E-state index in [2.05, 4.69) is 22.5 Å². The molecule has 1 amide bonds. The molecule has 0 aliphatic carbocycles. The van der Waals surface area contributed by atoms with Gasteiger partial charge in [0.15, 0.2) is 11.6 Å². The van der Waals surface area contributed by atoms with E-state index in [9.17, 15) is 13.6 Å². The molecule has 0 bridgehead atoms. The maximum absolute atomic E-state index is 13.1. The Morgan fingerprint density at radius 3 is 2.65 bits per heavy atom. The van der Waals surface area contributed by atoms with Gasteiger partial charge in [-0.25, -0.2) is 8.78 Å². The van der Waals surface area contributed by atoms with Gasteiger partial charge in [-0.3, -0.25) is 9.78 Å². The fourth-order valence-electron chi connectivity index (χ4n) is 2.04. The lowest BCUT2D eigenvalue weighted by Gasteiger charge is -2.08. The van der Waals surface area contributed by atoms with E-state index in [1.165, 1.54) is 12.3 Å². The zero-order valence-corrected chi connectivity index (χ0v) is 12.9. The molecule has 2 N–H and O–H groups in total. The first-order chi connectivity index (χ1) is 11.1. The number of benzene rings is 1. The molecule has 0 aliphatic heterocycles. The fourth-order valence-corrected chi connectivity index (χ4v) is 2.04. The van der Waals surface area contributed by atoms with Crippen LogP contribution in [-0.4, -0.2) is 17.4 Å². The van der Waals surface area contributed by atoms with Crippen molar-refractivity contribution in [3.63, 3.8) is 0 Å². The van der Waals surface area contributed by atoms with Crippen molar-refractivity contribution in [2.45, 2.75) is 26.2 Å². The maximum atomic E-state index is 13.1. The predicted octanol–water partition coefficient (Wildman–Crippen LogP) is 4.21. The van der Waals surface area contributed by atoms with Gasteiger partial charge < -0.3 is 10.6 Å². The van der Waals surface area contributed by atoms with Gasteiger partial charge in [0, 0.05) is 30.2 Å². The zero-order chi connectivity index (χ0) is 16.7. The molecule has 0 saturated heterocycles. The standard InChI is InChI=1S/C17H19F2N3O/c1-2-3-4-8-20-12-7-9-21-16(11-12)17(23)22-13-5-6-14(18)15(19)10-13/h5-7,9-11H,2-4,8H2,1H3,(H,20,21)(H,22,23). The number of carbonyl (C=O) groups is 1. The molecule has 0 saturated carbocycles. The number of hydrogen-bond donors (Lipinski definition) is 2. The third-order valence-corrected chi connectivity index (χ3v) is 3.28. The summed E-state index contributed by atoms with van der Waals surface area (Å²) < 4.78 is 26.0. The highest BCUT2D eigenvalue weighted by Gasteiger charge is 2.10. The zero-order valence-electron chi connectivity index (χ0n) is 12.9. The molecule has 0 unspecified atom stereocenters. The average molecular weight is 319 g/mol. The van der Waals surface area contributed by atoms with Crippen LogP contribution in [0.5, 0.6) is 0 Å². The number of nitrogens with zero attached hydrogens (tertiary/aromatic N) is 1.